The van der Waals surface area contributed by atoms with Crippen LogP contribution in [0.2, 0.25) is 0 Å². The Morgan fingerprint density at radius 3 is 2.82 bits per heavy atom. The zero-order valence-corrected chi connectivity index (χ0v) is 5.91. The first-order valence-corrected chi connectivity index (χ1v) is 2.96. The van der Waals surface area contributed by atoms with E-state index in [9.17, 15) is 9.18 Å². The Labute approximate surface area is 62.3 Å². The minimum Gasteiger partial charge on any atom is -0.477 e. The number of imidazole rings is 1. The van der Waals surface area contributed by atoms with Crippen molar-refractivity contribution >= 4 is 5.97 Å². The van der Waals surface area contributed by atoms with Crippen LogP contribution >= 0.6 is 0 Å². The lowest BCUT2D eigenvalue weighted by atomic mass is 10.5. The minimum atomic E-state index is -1.10. The largest absolute Gasteiger partial charge is 0.477 e. The van der Waals surface area contributed by atoms with Gasteiger partial charge in [0.1, 0.15) is 18.2 Å². The minimum absolute atomic E-state index is 0.00218. The predicted octanol–water partition coefficient (Wildman–Crippen LogP) is 0.588. The van der Waals surface area contributed by atoms with E-state index in [1.807, 2.05) is 0 Å². The highest BCUT2D eigenvalue weighted by Crippen LogP contribution is 2.03. The Kier molecular flexibility index (Phi) is 1.89. The predicted molar refractivity (Wildman–Crippen MR) is 35.0 cm³/mol. The van der Waals surface area contributed by atoms with Crippen molar-refractivity contribution in [2.24, 2.45) is 7.05 Å². The molecule has 5 heteroatoms. The van der Waals surface area contributed by atoms with Crippen LogP contribution in [0.4, 0.5) is 4.39 Å². The molecular weight excluding hydrogens is 151 g/mol. The summed E-state index contributed by atoms with van der Waals surface area (Å²) in [5, 5.41) is 8.49. The van der Waals surface area contributed by atoms with E-state index in [2.05, 4.69) is 4.98 Å². The van der Waals surface area contributed by atoms with Crippen LogP contribution in [0.5, 0.6) is 0 Å². The molecule has 1 N–H and O–H groups in total. The molecule has 0 spiro atoms. The van der Waals surface area contributed by atoms with Crippen LogP contribution in [0.3, 0.4) is 0 Å². The quantitative estimate of drug-likeness (QED) is 0.685. The van der Waals surface area contributed by atoms with Crippen LogP contribution in [0, 0.1) is 0 Å². The van der Waals surface area contributed by atoms with Gasteiger partial charge in [-0.1, -0.05) is 0 Å². The molecule has 0 saturated heterocycles. The van der Waals surface area contributed by atoms with Crippen molar-refractivity contribution in [3.05, 3.63) is 17.7 Å². The van der Waals surface area contributed by atoms with Gasteiger partial charge >= 0.3 is 5.97 Å². The molecule has 0 aromatic carbocycles. The van der Waals surface area contributed by atoms with Crippen LogP contribution in [0.25, 0.3) is 0 Å². The van der Waals surface area contributed by atoms with Gasteiger partial charge in [0.2, 0.25) is 0 Å². The molecule has 0 aliphatic heterocycles. The number of carboxylic acids is 1. The van der Waals surface area contributed by atoms with Crippen LogP contribution in [-0.4, -0.2) is 20.6 Å². The second kappa shape index (κ2) is 2.69. The average molecular weight is 158 g/mol. The first-order valence-electron chi connectivity index (χ1n) is 2.96. The van der Waals surface area contributed by atoms with Crippen molar-refractivity contribution in [1.82, 2.24) is 9.55 Å². The zero-order valence-electron chi connectivity index (χ0n) is 5.91. The number of hydrogen-bond donors (Lipinski definition) is 1. The van der Waals surface area contributed by atoms with E-state index in [1.54, 1.807) is 0 Å². The van der Waals surface area contributed by atoms with Crippen LogP contribution in [0.15, 0.2) is 6.20 Å². The van der Waals surface area contributed by atoms with Gasteiger partial charge in [-0.3, -0.25) is 0 Å². The Morgan fingerprint density at radius 2 is 2.55 bits per heavy atom. The number of nitrogens with zero attached hydrogens (tertiary/aromatic N) is 2. The van der Waals surface area contributed by atoms with E-state index < -0.39 is 12.6 Å². The van der Waals surface area contributed by atoms with Gasteiger partial charge < -0.3 is 9.67 Å². The fourth-order valence-corrected chi connectivity index (χ4v) is 0.771. The molecule has 0 atom stereocenters. The van der Waals surface area contributed by atoms with E-state index in [4.69, 9.17) is 5.11 Å². The van der Waals surface area contributed by atoms with Crippen molar-refractivity contribution in [2.45, 2.75) is 6.67 Å². The number of rotatable bonds is 2. The van der Waals surface area contributed by atoms with Crippen LogP contribution in [0.1, 0.15) is 16.3 Å². The van der Waals surface area contributed by atoms with Gasteiger partial charge in [-0.05, 0) is 0 Å². The molecule has 0 aliphatic rings. The molecule has 11 heavy (non-hydrogen) atoms. The molecule has 0 radical (unpaired) electrons. The van der Waals surface area contributed by atoms with E-state index in [0.29, 0.717) is 0 Å². The number of halogens is 1. The molecule has 60 valence electrons. The lowest BCUT2D eigenvalue weighted by Gasteiger charge is -1.97. The number of carboxylic acid groups (broad SMARTS) is 1. The molecule has 1 aromatic rings. The number of carbonyl (C=O) groups is 1. The number of aromatic nitrogens is 2. The zero-order chi connectivity index (χ0) is 8.43. The Hall–Kier alpha value is -1.39. The molecule has 0 saturated carbocycles. The molecule has 0 unspecified atom stereocenters. The highest BCUT2D eigenvalue weighted by molar-refractivity contribution is 5.85. The monoisotopic (exact) mass is 158 g/mol. The summed E-state index contributed by atoms with van der Waals surface area (Å²) in [6, 6.07) is 0. The lowest BCUT2D eigenvalue weighted by Crippen LogP contribution is -2.06. The fraction of sp³-hybridized carbons (Fsp3) is 0.333. The summed E-state index contributed by atoms with van der Waals surface area (Å²) >= 11 is 0. The van der Waals surface area contributed by atoms with Crippen molar-refractivity contribution in [3.8, 4) is 0 Å². The number of aromatic carboxylic acids is 1. The number of alkyl halides is 1. The Morgan fingerprint density at radius 1 is 1.91 bits per heavy atom. The molecule has 1 rings (SSSR count). The SMILES string of the molecule is Cn1c(C(=O)O)cnc1CF. The summed E-state index contributed by atoms with van der Waals surface area (Å²) in [6.07, 6.45) is 1.14. The summed E-state index contributed by atoms with van der Waals surface area (Å²) in [7, 11) is 1.46. The Bertz CT molecular complexity index is 282. The highest BCUT2D eigenvalue weighted by atomic mass is 19.1. The fourth-order valence-electron chi connectivity index (χ4n) is 0.771. The maximum atomic E-state index is 12.0. The highest BCUT2D eigenvalue weighted by Gasteiger charge is 2.11. The van der Waals surface area contributed by atoms with Gasteiger partial charge in [0, 0.05) is 7.05 Å². The van der Waals surface area contributed by atoms with Crippen molar-refractivity contribution in [2.75, 3.05) is 0 Å². The van der Waals surface area contributed by atoms with E-state index >= 15 is 0 Å². The normalized spacial score (nSPS) is 10.0. The van der Waals surface area contributed by atoms with E-state index in [1.165, 1.54) is 11.6 Å². The van der Waals surface area contributed by atoms with E-state index in [-0.39, 0.29) is 11.5 Å². The molecular formula is C6H7FN2O2. The molecule has 1 aromatic heterocycles. The second-order valence-electron chi connectivity index (χ2n) is 2.06. The van der Waals surface area contributed by atoms with Crippen LogP contribution in [-0.2, 0) is 13.7 Å². The molecule has 0 fully saturated rings. The third kappa shape index (κ3) is 1.21. The summed E-state index contributed by atoms with van der Waals surface area (Å²) in [5.74, 6) is -0.970. The van der Waals surface area contributed by atoms with Crippen molar-refractivity contribution in [1.29, 1.82) is 0 Å². The van der Waals surface area contributed by atoms with Crippen molar-refractivity contribution in [3.63, 3.8) is 0 Å². The lowest BCUT2D eigenvalue weighted by molar-refractivity contribution is 0.0686. The average Bonchev–Trinajstić information content (AvgIpc) is 2.30. The summed E-state index contributed by atoms with van der Waals surface area (Å²) in [6.45, 7) is -0.746. The molecule has 0 amide bonds. The standard InChI is InChI=1S/C6H7FN2O2/c1-9-4(6(10)11)3-8-5(9)2-7/h3H,2H2,1H3,(H,10,11). The van der Waals surface area contributed by atoms with Gasteiger partial charge in [0.05, 0.1) is 6.20 Å². The topological polar surface area (TPSA) is 55.1 Å². The molecule has 0 aliphatic carbocycles. The van der Waals surface area contributed by atoms with Gasteiger partial charge in [-0.25, -0.2) is 14.2 Å². The maximum absolute atomic E-state index is 12.0. The van der Waals surface area contributed by atoms with Gasteiger partial charge in [-0.15, -0.1) is 0 Å². The molecule has 4 nitrogen and oxygen atoms in total. The summed E-state index contributed by atoms with van der Waals surface area (Å²) in [5.41, 5.74) is -0.00218. The number of hydrogen-bond acceptors (Lipinski definition) is 2. The maximum Gasteiger partial charge on any atom is 0.354 e. The smallest absolute Gasteiger partial charge is 0.354 e. The summed E-state index contributed by atoms with van der Waals surface area (Å²) in [4.78, 5) is 13.9. The molecule has 1 heterocycles. The Balaban J connectivity index is 3.10. The van der Waals surface area contributed by atoms with Gasteiger partial charge in [0.25, 0.3) is 0 Å². The van der Waals surface area contributed by atoms with Gasteiger partial charge in [0.15, 0.2) is 0 Å². The molecule has 0 bridgehead atoms. The van der Waals surface area contributed by atoms with Crippen LogP contribution < -0.4 is 0 Å². The van der Waals surface area contributed by atoms with E-state index in [0.717, 1.165) is 6.20 Å². The summed E-state index contributed by atoms with van der Waals surface area (Å²) < 4.78 is 13.2. The third-order valence-electron chi connectivity index (χ3n) is 1.42. The van der Waals surface area contributed by atoms with Gasteiger partial charge in [-0.2, -0.15) is 0 Å². The van der Waals surface area contributed by atoms with Crippen molar-refractivity contribution < 1.29 is 14.3 Å². The first-order chi connectivity index (χ1) is 5.16. The third-order valence-corrected chi connectivity index (χ3v) is 1.42. The second-order valence-corrected chi connectivity index (χ2v) is 2.06. The first kappa shape index (κ1) is 7.71.